The maximum Gasteiger partial charge on any atom is 0.148 e. The van der Waals surface area contributed by atoms with Crippen LogP contribution in [0.4, 0.5) is 15.8 Å². The van der Waals surface area contributed by atoms with E-state index in [0.717, 1.165) is 49.6 Å². The van der Waals surface area contributed by atoms with Crippen molar-refractivity contribution < 1.29 is 9.13 Å². The molecule has 1 aliphatic carbocycles. The van der Waals surface area contributed by atoms with Crippen LogP contribution in [0.3, 0.4) is 0 Å². The number of hydrogen-bond acceptors (Lipinski definition) is 5. The van der Waals surface area contributed by atoms with E-state index < -0.39 is 0 Å². The number of thiophene rings is 1. The predicted molar refractivity (Wildman–Crippen MR) is 108 cm³/mol. The third-order valence-corrected chi connectivity index (χ3v) is 7.01. The van der Waals surface area contributed by atoms with E-state index in [1.165, 1.54) is 18.7 Å². The molecule has 1 saturated carbocycles. The van der Waals surface area contributed by atoms with Crippen molar-refractivity contribution in [2.24, 2.45) is 17.8 Å². The Balaban J connectivity index is 1.11. The van der Waals surface area contributed by atoms with Crippen molar-refractivity contribution in [2.75, 3.05) is 56.2 Å². The summed E-state index contributed by atoms with van der Waals surface area (Å²) in [6.07, 6.45) is 0. The molecule has 0 radical (unpaired) electrons. The summed E-state index contributed by atoms with van der Waals surface area (Å²) in [7, 11) is 0. The van der Waals surface area contributed by atoms with Gasteiger partial charge in [-0.3, -0.25) is 4.90 Å². The Hall–Kier alpha value is -1.63. The fraction of sp³-hybridized carbons (Fsp3) is 0.524. The van der Waals surface area contributed by atoms with E-state index in [0.29, 0.717) is 18.9 Å². The molecule has 2 saturated heterocycles. The number of morpholine rings is 1. The molecule has 0 amide bonds. The summed E-state index contributed by atoms with van der Waals surface area (Å²) in [6.45, 7) is 7.33. The molecule has 0 bridgehead atoms. The van der Waals surface area contributed by atoms with Gasteiger partial charge in [0.2, 0.25) is 0 Å². The summed E-state index contributed by atoms with van der Waals surface area (Å²) < 4.78 is 19.9. The first kappa shape index (κ1) is 17.5. The van der Waals surface area contributed by atoms with Gasteiger partial charge in [0, 0.05) is 45.0 Å². The van der Waals surface area contributed by atoms with Gasteiger partial charge in [0.15, 0.2) is 0 Å². The first-order chi connectivity index (χ1) is 13.3. The first-order valence-corrected chi connectivity index (χ1v) is 10.8. The third kappa shape index (κ3) is 3.71. The lowest BCUT2D eigenvalue weighted by atomic mass is 10.2. The van der Waals surface area contributed by atoms with E-state index in [1.54, 1.807) is 17.4 Å². The summed E-state index contributed by atoms with van der Waals surface area (Å²) in [5.74, 6) is 2.23. The zero-order valence-electron chi connectivity index (χ0n) is 15.4. The number of fused-ring (bicyclic) bond motifs is 1. The van der Waals surface area contributed by atoms with Crippen LogP contribution in [0.5, 0.6) is 0 Å². The molecule has 2 unspecified atom stereocenters. The lowest BCUT2D eigenvalue weighted by Crippen LogP contribution is -2.36. The predicted octanol–water partition coefficient (Wildman–Crippen LogP) is 3.51. The lowest BCUT2D eigenvalue weighted by Gasteiger charge is -2.29. The minimum Gasteiger partial charge on any atom is -0.385 e. The average molecular weight is 388 g/mol. The summed E-state index contributed by atoms with van der Waals surface area (Å²) >= 11 is 1.78. The van der Waals surface area contributed by atoms with Gasteiger partial charge < -0.3 is 15.0 Å². The maximum absolute atomic E-state index is 14.5. The van der Waals surface area contributed by atoms with Crippen LogP contribution in [0, 0.1) is 23.6 Å². The van der Waals surface area contributed by atoms with Crippen molar-refractivity contribution in [1.82, 2.24) is 4.90 Å². The number of rotatable bonds is 6. The van der Waals surface area contributed by atoms with Gasteiger partial charge in [-0.1, -0.05) is 0 Å². The Morgan fingerprint density at radius 2 is 1.96 bits per heavy atom. The Morgan fingerprint density at radius 3 is 2.67 bits per heavy atom. The van der Waals surface area contributed by atoms with E-state index in [-0.39, 0.29) is 5.82 Å². The lowest BCUT2D eigenvalue weighted by molar-refractivity contribution is 0.122. The Kier molecular flexibility index (Phi) is 4.80. The zero-order chi connectivity index (χ0) is 18.2. The number of likely N-dealkylation sites (tertiary alicyclic amines) is 1. The second kappa shape index (κ2) is 7.41. The van der Waals surface area contributed by atoms with Gasteiger partial charge in [0.1, 0.15) is 5.82 Å². The van der Waals surface area contributed by atoms with Crippen LogP contribution < -0.4 is 10.2 Å². The largest absolute Gasteiger partial charge is 0.385 e. The highest BCUT2D eigenvalue weighted by atomic mass is 32.1. The standard InChI is InChI=1S/C21H26FN3OS/c22-20-9-16(1-2-21(20)25-4-6-26-7-5-25)23-10-17-18-12-24(13-19(17)18)11-15-3-8-27-14-15/h1-3,8-9,14,17-19,23H,4-7,10-13H2. The number of hydrogen-bond donors (Lipinski definition) is 1. The maximum atomic E-state index is 14.5. The number of ether oxygens (including phenoxy) is 1. The minimum absolute atomic E-state index is 0.139. The molecule has 2 atom stereocenters. The van der Waals surface area contributed by atoms with Crippen molar-refractivity contribution >= 4 is 22.7 Å². The number of halogens is 1. The van der Waals surface area contributed by atoms with Crippen LogP contribution in [0.2, 0.25) is 0 Å². The molecule has 6 heteroatoms. The normalized spacial score (nSPS) is 27.6. The van der Waals surface area contributed by atoms with Crippen LogP contribution in [0.25, 0.3) is 0 Å². The van der Waals surface area contributed by atoms with E-state index in [4.69, 9.17) is 4.74 Å². The van der Waals surface area contributed by atoms with Gasteiger partial charge in [0.25, 0.3) is 0 Å². The van der Waals surface area contributed by atoms with Crippen LogP contribution in [-0.4, -0.2) is 50.8 Å². The average Bonchev–Trinajstić information content (AvgIpc) is 3.07. The van der Waals surface area contributed by atoms with E-state index >= 15 is 0 Å². The topological polar surface area (TPSA) is 27.7 Å². The molecule has 1 aromatic heterocycles. The Labute approximate surface area is 163 Å². The number of piperidine rings is 1. The minimum atomic E-state index is -0.139. The summed E-state index contributed by atoms with van der Waals surface area (Å²) in [5.41, 5.74) is 3.02. The molecule has 0 spiro atoms. The molecule has 5 rings (SSSR count). The highest BCUT2D eigenvalue weighted by Gasteiger charge is 2.54. The van der Waals surface area contributed by atoms with Gasteiger partial charge in [-0.2, -0.15) is 11.3 Å². The molecule has 144 valence electrons. The Morgan fingerprint density at radius 1 is 1.15 bits per heavy atom. The van der Waals surface area contributed by atoms with Gasteiger partial charge in [-0.05, 0) is 58.3 Å². The number of anilines is 2. The molecule has 3 aliphatic rings. The molecule has 2 aliphatic heterocycles. The summed E-state index contributed by atoms with van der Waals surface area (Å²) in [6, 6.07) is 7.78. The second-order valence-electron chi connectivity index (χ2n) is 7.96. The van der Waals surface area contributed by atoms with Crippen LogP contribution in [0.15, 0.2) is 35.0 Å². The van der Waals surface area contributed by atoms with E-state index in [2.05, 4.69) is 31.9 Å². The van der Waals surface area contributed by atoms with Crippen molar-refractivity contribution in [3.8, 4) is 0 Å². The highest BCUT2D eigenvalue weighted by molar-refractivity contribution is 7.07. The molecule has 3 fully saturated rings. The molecular weight excluding hydrogens is 361 g/mol. The molecule has 2 aromatic rings. The second-order valence-corrected chi connectivity index (χ2v) is 8.74. The van der Waals surface area contributed by atoms with Crippen molar-refractivity contribution in [1.29, 1.82) is 0 Å². The van der Waals surface area contributed by atoms with Gasteiger partial charge in [-0.15, -0.1) is 0 Å². The number of benzene rings is 1. The van der Waals surface area contributed by atoms with Crippen LogP contribution >= 0.6 is 11.3 Å². The third-order valence-electron chi connectivity index (χ3n) is 6.27. The van der Waals surface area contributed by atoms with Crippen LogP contribution in [-0.2, 0) is 11.3 Å². The SMILES string of the molecule is Fc1cc(NCC2C3CN(Cc4ccsc4)CC23)ccc1N1CCOCC1. The van der Waals surface area contributed by atoms with Gasteiger partial charge in [0.05, 0.1) is 18.9 Å². The Bertz CT molecular complexity index is 766. The molecular formula is C21H26FN3OS. The number of nitrogens with one attached hydrogen (secondary N) is 1. The van der Waals surface area contributed by atoms with Gasteiger partial charge in [-0.25, -0.2) is 4.39 Å². The zero-order valence-corrected chi connectivity index (χ0v) is 16.3. The van der Waals surface area contributed by atoms with Crippen molar-refractivity contribution in [3.05, 3.63) is 46.4 Å². The molecule has 3 heterocycles. The fourth-order valence-electron chi connectivity index (χ4n) is 4.72. The fourth-order valence-corrected chi connectivity index (χ4v) is 5.38. The van der Waals surface area contributed by atoms with E-state index in [1.807, 2.05) is 12.1 Å². The van der Waals surface area contributed by atoms with Crippen molar-refractivity contribution in [2.45, 2.75) is 6.54 Å². The summed E-state index contributed by atoms with van der Waals surface area (Å²) in [4.78, 5) is 4.64. The summed E-state index contributed by atoms with van der Waals surface area (Å²) in [5, 5.41) is 7.87. The highest BCUT2D eigenvalue weighted by Crippen LogP contribution is 2.51. The monoisotopic (exact) mass is 387 g/mol. The molecule has 4 nitrogen and oxygen atoms in total. The quantitative estimate of drug-likeness (QED) is 0.821. The number of nitrogens with zero attached hydrogens (tertiary/aromatic N) is 2. The van der Waals surface area contributed by atoms with Crippen molar-refractivity contribution in [3.63, 3.8) is 0 Å². The molecule has 27 heavy (non-hydrogen) atoms. The first-order valence-electron chi connectivity index (χ1n) is 9.87. The molecule has 1 aromatic carbocycles. The van der Waals surface area contributed by atoms with Crippen LogP contribution in [0.1, 0.15) is 5.56 Å². The van der Waals surface area contributed by atoms with Gasteiger partial charge >= 0.3 is 0 Å². The molecule has 1 N–H and O–H groups in total. The van der Waals surface area contributed by atoms with E-state index in [9.17, 15) is 4.39 Å². The smallest absolute Gasteiger partial charge is 0.148 e.